The van der Waals surface area contributed by atoms with E-state index in [0.29, 0.717) is 18.0 Å². The van der Waals surface area contributed by atoms with E-state index < -0.39 is 0 Å². The predicted molar refractivity (Wildman–Crippen MR) is 96.0 cm³/mol. The average molecular weight is 346 g/mol. The number of carbonyl (C=O) groups excluding carboxylic acids is 1. The van der Waals surface area contributed by atoms with Crippen molar-refractivity contribution in [3.8, 4) is 11.5 Å². The van der Waals surface area contributed by atoms with Gasteiger partial charge < -0.3 is 20.1 Å². The third kappa shape index (κ3) is 4.23. The molecular weight excluding hydrogens is 320 g/mol. The van der Waals surface area contributed by atoms with Crippen LogP contribution >= 0.6 is 0 Å². The van der Waals surface area contributed by atoms with Gasteiger partial charge in [0.2, 0.25) is 0 Å². The molecule has 2 N–H and O–H groups in total. The van der Waals surface area contributed by atoms with Crippen LogP contribution in [0.25, 0.3) is 0 Å². The third-order valence-electron chi connectivity index (χ3n) is 4.28. The van der Waals surface area contributed by atoms with Crippen LogP contribution in [0.4, 0.5) is 4.79 Å². The molecule has 25 heavy (non-hydrogen) atoms. The van der Waals surface area contributed by atoms with Crippen LogP contribution in [0.2, 0.25) is 0 Å². The van der Waals surface area contributed by atoms with E-state index in [1.165, 1.54) is 0 Å². The van der Waals surface area contributed by atoms with Gasteiger partial charge in [0.1, 0.15) is 11.5 Å². The van der Waals surface area contributed by atoms with Gasteiger partial charge in [-0.05, 0) is 32.9 Å². The average Bonchev–Trinajstić information content (AvgIpc) is 2.84. The Balaban J connectivity index is 1.99. The van der Waals surface area contributed by atoms with Crippen molar-refractivity contribution >= 4 is 6.03 Å². The van der Waals surface area contributed by atoms with Crippen LogP contribution in [0.1, 0.15) is 35.5 Å². The van der Waals surface area contributed by atoms with E-state index in [4.69, 9.17) is 9.47 Å². The molecule has 2 aromatic rings. The van der Waals surface area contributed by atoms with Crippen molar-refractivity contribution in [3.63, 3.8) is 0 Å². The summed E-state index contributed by atoms with van der Waals surface area (Å²) in [5, 5.41) is 10.2. The first-order chi connectivity index (χ1) is 11.9. The van der Waals surface area contributed by atoms with Crippen molar-refractivity contribution in [2.45, 2.75) is 33.4 Å². The van der Waals surface area contributed by atoms with E-state index in [0.717, 1.165) is 22.5 Å². The van der Waals surface area contributed by atoms with Crippen molar-refractivity contribution < 1.29 is 14.3 Å². The van der Waals surface area contributed by atoms with E-state index in [2.05, 4.69) is 15.7 Å². The van der Waals surface area contributed by atoms with Crippen LogP contribution in [0.3, 0.4) is 0 Å². The van der Waals surface area contributed by atoms with Gasteiger partial charge in [-0.3, -0.25) is 4.68 Å². The molecule has 0 saturated carbocycles. The Bertz CT molecular complexity index is 755. The molecule has 0 fully saturated rings. The lowest BCUT2D eigenvalue weighted by molar-refractivity contribution is 0.237. The number of aromatic nitrogens is 2. The van der Waals surface area contributed by atoms with Crippen LogP contribution in [0.15, 0.2) is 18.2 Å². The third-order valence-corrected chi connectivity index (χ3v) is 4.28. The molecule has 7 heteroatoms. The van der Waals surface area contributed by atoms with Crippen LogP contribution in [0.5, 0.6) is 11.5 Å². The molecular formula is C18H26N4O3. The highest BCUT2D eigenvalue weighted by molar-refractivity contribution is 5.74. The van der Waals surface area contributed by atoms with Crippen LogP contribution < -0.4 is 20.1 Å². The second-order valence-electron chi connectivity index (χ2n) is 5.93. The SMILES string of the molecule is COc1ccc(CNC(=O)NC(C)c2c(C)nn(C)c2C)c(OC)c1. The van der Waals surface area contributed by atoms with Crippen LogP contribution in [-0.4, -0.2) is 30.0 Å². The molecule has 1 aromatic carbocycles. The molecule has 0 aliphatic heterocycles. The zero-order chi connectivity index (χ0) is 18.6. The molecule has 7 nitrogen and oxygen atoms in total. The molecule has 0 aliphatic rings. The van der Waals surface area contributed by atoms with Gasteiger partial charge >= 0.3 is 6.03 Å². The summed E-state index contributed by atoms with van der Waals surface area (Å²) in [5.41, 5.74) is 3.88. The number of aryl methyl sites for hydroxylation is 2. The highest BCUT2D eigenvalue weighted by Crippen LogP contribution is 2.24. The normalized spacial score (nSPS) is 11.8. The number of nitrogens with one attached hydrogen (secondary N) is 2. The standard InChI is InChI=1S/C18H26N4O3/c1-11(17-12(2)21-22(4)13(17)3)20-18(23)19-10-14-7-8-15(24-5)9-16(14)25-6/h7-9,11H,10H2,1-6H3,(H2,19,20,23). The van der Waals surface area contributed by atoms with Crippen molar-refractivity contribution in [3.05, 3.63) is 40.7 Å². The van der Waals surface area contributed by atoms with E-state index in [9.17, 15) is 4.79 Å². The van der Waals surface area contributed by atoms with Gasteiger partial charge in [0.15, 0.2) is 0 Å². The molecule has 0 aliphatic carbocycles. The van der Waals surface area contributed by atoms with E-state index in [1.807, 2.05) is 44.6 Å². The summed E-state index contributed by atoms with van der Waals surface area (Å²) < 4.78 is 12.3. The minimum Gasteiger partial charge on any atom is -0.497 e. The maximum Gasteiger partial charge on any atom is 0.315 e. The second-order valence-corrected chi connectivity index (χ2v) is 5.93. The zero-order valence-electron chi connectivity index (χ0n) is 15.6. The maximum atomic E-state index is 12.2. The number of benzene rings is 1. The summed E-state index contributed by atoms with van der Waals surface area (Å²) in [6, 6.07) is 5.12. The molecule has 1 unspecified atom stereocenters. The predicted octanol–water partition coefficient (Wildman–Crippen LogP) is 2.61. The summed E-state index contributed by atoms with van der Waals surface area (Å²) in [6.45, 7) is 6.25. The molecule has 2 amide bonds. The molecule has 0 radical (unpaired) electrons. The molecule has 1 atom stereocenters. The largest absolute Gasteiger partial charge is 0.497 e. The highest BCUT2D eigenvalue weighted by atomic mass is 16.5. The Morgan fingerprint density at radius 3 is 2.56 bits per heavy atom. The van der Waals surface area contributed by atoms with Gasteiger partial charge in [-0.25, -0.2) is 4.79 Å². The number of urea groups is 1. The summed E-state index contributed by atoms with van der Waals surface area (Å²) in [5.74, 6) is 1.38. The highest BCUT2D eigenvalue weighted by Gasteiger charge is 2.18. The Labute approximate surface area is 148 Å². The van der Waals surface area contributed by atoms with Gasteiger partial charge in [0.05, 0.1) is 26.0 Å². The topological polar surface area (TPSA) is 77.4 Å². The number of hydrogen-bond donors (Lipinski definition) is 2. The summed E-state index contributed by atoms with van der Waals surface area (Å²) >= 11 is 0. The lowest BCUT2D eigenvalue weighted by Crippen LogP contribution is -2.37. The van der Waals surface area contributed by atoms with Crippen molar-refractivity contribution in [2.24, 2.45) is 7.05 Å². The summed E-state index contributed by atoms with van der Waals surface area (Å²) in [6.07, 6.45) is 0. The Hall–Kier alpha value is -2.70. The molecule has 2 rings (SSSR count). The Morgan fingerprint density at radius 1 is 1.28 bits per heavy atom. The minimum absolute atomic E-state index is 0.133. The van der Waals surface area contributed by atoms with Gasteiger partial charge in [0.25, 0.3) is 0 Å². The monoisotopic (exact) mass is 346 g/mol. The number of amides is 2. The number of rotatable bonds is 6. The van der Waals surface area contributed by atoms with Crippen molar-refractivity contribution in [1.29, 1.82) is 0 Å². The Morgan fingerprint density at radius 2 is 2.00 bits per heavy atom. The molecule has 0 spiro atoms. The van der Waals surface area contributed by atoms with Crippen LogP contribution in [-0.2, 0) is 13.6 Å². The van der Waals surface area contributed by atoms with Gasteiger partial charge in [-0.15, -0.1) is 0 Å². The van der Waals surface area contributed by atoms with Crippen molar-refractivity contribution in [1.82, 2.24) is 20.4 Å². The van der Waals surface area contributed by atoms with Crippen LogP contribution in [0, 0.1) is 13.8 Å². The number of hydrogen-bond acceptors (Lipinski definition) is 4. The van der Waals surface area contributed by atoms with E-state index >= 15 is 0 Å². The quantitative estimate of drug-likeness (QED) is 0.843. The number of carbonyl (C=O) groups is 1. The minimum atomic E-state index is -0.243. The molecule has 1 aromatic heterocycles. The number of ether oxygens (including phenoxy) is 2. The van der Waals surface area contributed by atoms with E-state index in [-0.39, 0.29) is 12.1 Å². The fourth-order valence-corrected chi connectivity index (χ4v) is 2.91. The lowest BCUT2D eigenvalue weighted by atomic mass is 10.1. The fourth-order valence-electron chi connectivity index (χ4n) is 2.91. The maximum absolute atomic E-state index is 12.2. The smallest absolute Gasteiger partial charge is 0.315 e. The van der Waals surface area contributed by atoms with Crippen molar-refractivity contribution in [2.75, 3.05) is 14.2 Å². The second kappa shape index (κ2) is 7.92. The Kier molecular flexibility index (Phi) is 5.90. The lowest BCUT2D eigenvalue weighted by Gasteiger charge is -2.16. The number of nitrogens with zero attached hydrogens (tertiary/aromatic N) is 2. The molecule has 0 bridgehead atoms. The van der Waals surface area contributed by atoms with Gasteiger partial charge in [0, 0.05) is 36.5 Å². The fraction of sp³-hybridized carbons (Fsp3) is 0.444. The summed E-state index contributed by atoms with van der Waals surface area (Å²) in [7, 11) is 5.09. The molecule has 1 heterocycles. The van der Waals surface area contributed by atoms with Gasteiger partial charge in [-0.1, -0.05) is 0 Å². The van der Waals surface area contributed by atoms with Gasteiger partial charge in [-0.2, -0.15) is 5.10 Å². The molecule has 136 valence electrons. The zero-order valence-corrected chi connectivity index (χ0v) is 15.6. The molecule has 0 saturated heterocycles. The summed E-state index contributed by atoms with van der Waals surface area (Å²) in [4.78, 5) is 12.2. The number of methoxy groups -OCH3 is 2. The first-order valence-electron chi connectivity index (χ1n) is 8.12. The first kappa shape index (κ1) is 18.6. The first-order valence-corrected chi connectivity index (χ1v) is 8.12. The van der Waals surface area contributed by atoms with E-state index in [1.54, 1.807) is 20.3 Å².